The summed E-state index contributed by atoms with van der Waals surface area (Å²) in [5.41, 5.74) is -0.352. The molecule has 0 spiro atoms. The number of unbranched alkanes of at least 4 members (excludes halogenated alkanes) is 4. The van der Waals surface area contributed by atoms with Gasteiger partial charge in [0.15, 0.2) is 0 Å². The molecule has 1 rings (SSSR count). The lowest BCUT2D eigenvalue weighted by Gasteiger charge is -2.41. The first kappa shape index (κ1) is 80.9. The van der Waals surface area contributed by atoms with E-state index in [0.717, 1.165) is 46.8 Å². The highest BCUT2D eigenvalue weighted by Gasteiger charge is 2.46. The van der Waals surface area contributed by atoms with Crippen molar-refractivity contribution in [2.75, 3.05) is 49.3 Å². The molecule has 510 valence electrons. The highest BCUT2D eigenvalue weighted by Crippen LogP contribution is 2.27. The average molecular weight is 1260 g/mol. The molecule has 0 radical (unpaired) electrons. The summed E-state index contributed by atoms with van der Waals surface area (Å²) in [4.78, 5) is 170. The Hall–Kier alpha value is -6.13. The quantitative estimate of drug-likeness (QED) is 0.0827. The van der Waals surface area contributed by atoms with Crippen molar-refractivity contribution >= 4 is 65.0 Å². The summed E-state index contributed by atoms with van der Waals surface area (Å²) >= 11 is 0. The van der Waals surface area contributed by atoms with E-state index in [4.69, 9.17) is 0 Å². The van der Waals surface area contributed by atoms with Crippen molar-refractivity contribution < 1.29 is 57.8 Å². The number of amides is 11. The van der Waals surface area contributed by atoms with Crippen LogP contribution in [0.15, 0.2) is 12.3 Å². The monoisotopic (exact) mass is 1260 g/mol. The van der Waals surface area contributed by atoms with E-state index >= 15 is 19.2 Å². The van der Waals surface area contributed by atoms with Crippen LogP contribution in [-0.4, -0.2) is 220 Å². The minimum Gasteiger partial charge on any atom is -0.390 e. The van der Waals surface area contributed by atoms with Gasteiger partial charge in [-0.05, 0) is 93.8 Å². The smallest absolute Gasteiger partial charge is 0.270 e. The number of nitrogens with zero attached hydrogens (tertiary/aromatic N) is 7. The molecule has 0 unspecified atom stereocenters. The van der Waals surface area contributed by atoms with Gasteiger partial charge < -0.3 is 60.7 Å². The van der Waals surface area contributed by atoms with E-state index < -0.39 is 149 Å². The molecule has 5 N–H and O–H groups in total. The van der Waals surface area contributed by atoms with Gasteiger partial charge in [-0.25, -0.2) is 0 Å². The van der Waals surface area contributed by atoms with Gasteiger partial charge in [0.05, 0.1) is 6.10 Å². The molecule has 0 aromatic heterocycles. The van der Waals surface area contributed by atoms with Crippen LogP contribution >= 0.6 is 0 Å². The Morgan fingerprint density at radius 2 is 0.843 bits per heavy atom. The summed E-state index contributed by atoms with van der Waals surface area (Å²) in [6.45, 7) is 34.2. The fourth-order valence-electron chi connectivity index (χ4n) is 11.5. The number of nitrogens with one attached hydrogen (secondary N) is 4. The zero-order chi connectivity index (χ0) is 69.0. The molecular weight excluding hydrogens is 1140 g/mol. The zero-order valence-electron chi connectivity index (χ0n) is 58.9. The number of rotatable bonds is 19. The molecule has 0 saturated carbocycles. The molecule has 0 aliphatic carbocycles. The summed E-state index contributed by atoms with van der Waals surface area (Å²) in [5, 5.41) is 23.3. The van der Waals surface area contributed by atoms with Crippen LogP contribution in [0.2, 0.25) is 0 Å². The largest absolute Gasteiger partial charge is 0.390 e. The maximum Gasteiger partial charge on any atom is 0.270 e. The van der Waals surface area contributed by atoms with Gasteiger partial charge >= 0.3 is 0 Å². The summed E-state index contributed by atoms with van der Waals surface area (Å²) in [6, 6.07) is -12.5. The van der Waals surface area contributed by atoms with E-state index in [9.17, 15) is 38.7 Å². The Balaban J connectivity index is 4.38. The number of hydrogen-bond donors (Lipinski definition) is 5. The normalized spacial score (nSPS) is 26.2. The number of hydrogen-bond acceptors (Lipinski definition) is 12. The second kappa shape index (κ2) is 37.3. The van der Waals surface area contributed by atoms with Crippen LogP contribution in [0.25, 0.3) is 0 Å². The van der Waals surface area contributed by atoms with Crippen LogP contribution in [0, 0.1) is 41.4 Å². The van der Waals surface area contributed by atoms with Gasteiger partial charge in [-0.2, -0.15) is 0 Å². The lowest BCUT2D eigenvalue weighted by Crippen LogP contribution is -2.63. The molecule has 11 amide bonds. The molecule has 1 fully saturated rings. The van der Waals surface area contributed by atoms with Crippen LogP contribution < -0.4 is 21.3 Å². The van der Waals surface area contributed by atoms with Crippen LogP contribution in [-0.2, 0) is 52.7 Å². The van der Waals surface area contributed by atoms with Crippen LogP contribution in [0.5, 0.6) is 0 Å². The molecule has 23 heteroatoms. The summed E-state index contributed by atoms with van der Waals surface area (Å²) in [5.74, 6) is -10.0. The number of likely N-dealkylation sites (N-methyl/N-ethyl adjacent to an activating group) is 7. The third-order valence-corrected chi connectivity index (χ3v) is 17.3. The van der Waals surface area contributed by atoms with Crippen molar-refractivity contribution in [3.63, 3.8) is 0 Å². The fraction of sp³-hybridized carbons (Fsp3) is 0.803. The van der Waals surface area contributed by atoms with Gasteiger partial charge in [0.1, 0.15) is 66.1 Å². The molecule has 0 bridgehead atoms. The maximum atomic E-state index is 15.3. The minimum atomic E-state index is -1.61. The van der Waals surface area contributed by atoms with E-state index in [0.29, 0.717) is 6.42 Å². The van der Waals surface area contributed by atoms with Crippen molar-refractivity contribution in [3.8, 4) is 0 Å². The lowest BCUT2D eigenvalue weighted by molar-refractivity contribution is -0.157. The van der Waals surface area contributed by atoms with Gasteiger partial charge in [0.2, 0.25) is 59.1 Å². The minimum absolute atomic E-state index is 0.0127. The van der Waals surface area contributed by atoms with E-state index in [2.05, 4.69) is 34.8 Å². The molecular formula is C66H119N11O12. The van der Waals surface area contributed by atoms with Crippen molar-refractivity contribution in [2.45, 2.75) is 255 Å². The average Bonchev–Trinajstić information content (AvgIpc) is 1.83. The van der Waals surface area contributed by atoms with Crippen molar-refractivity contribution in [3.05, 3.63) is 12.3 Å². The highest BCUT2D eigenvalue weighted by atomic mass is 16.3. The third-order valence-electron chi connectivity index (χ3n) is 17.3. The maximum absolute atomic E-state index is 15.3. The standard InChI is InChI=1S/C66H119N11O12/c1-26-28-29-30-31-32-43(15)55(78)54-59(82)69-47(27-2)62(85)71(19)46(18)61(84)72(20)49(34-38(5)6)58(81)70-52(41(11)12)65(88)73(21)48(33-37(3)4)57(80)67-44(16)56(79)68-45(17)60(83)74(22)50(35-39(7)8)63(86)75(23)51(36-40(9)10)64(87)76(24)53(42(13)14)66(89)77(54)25/h37-45,47-55,78H,18,26-36H2,1-17,19-25H3,(H,67,80)(H,68,79)(H,69,82)(H,70,81)/t43-,44+,45-,47+,48+,49+,50+,51+,52+,53+,54+,55-/m1/s1. The molecule has 0 aromatic carbocycles. The number of carbonyl (C=O) groups excluding carboxylic acids is 11. The molecule has 1 heterocycles. The molecule has 89 heavy (non-hydrogen) atoms. The van der Waals surface area contributed by atoms with E-state index in [-0.39, 0.29) is 61.5 Å². The van der Waals surface area contributed by atoms with E-state index in [1.165, 1.54) is 82.8 Å². The van der Waals surface area contributed by atoms with E-state index in [1.807, 2.05) is 55.4 Å². The summed E-state index contributed by atoms with van der Waals surface area (Å²) < 4.78 is 0. The van der Waals surface area contributed by atoms with Crippen molar-refractivity contribution in [1.29, 1.82) is 0 Å². The summed E-state index contributed by atoms with van der Waals surface area (Å²) in [6.07, 6.45) is 4.21. The number of aliphatic hydroxyl groups excluding tert-OH is 1. The van der Waals surface area contributed by atoms with Gasteiger partial charge in [0, 0.05) is 49.3 Å². The van der Waals surface area contributed by atoms with E-state index in [1.54, 1.807) is 41.5 Å². The Kier molecular flexibility index (Phi) is 33.9. The lowest BCUT2D eigenvalue weighted by atomic mass is 9.90. The van der Waals surface area contributed by atoms with Gasteiger partial charge in [-0.3, -0.25) is 52.7 Å². The third kappa shape index (κ3) is 22.9. The van der Waals surface area contributed by atoms with Crippen molar-refractivity contribution in [1.82, 2.24) is 55.6 Å². The first-order chi connectivity index (χ1) is 41.1. The fourth-order valence-corrected chi connectivity index (χ4v) is 11.5. The molecule has 1 aliphatic heterocycles. The van der Waals surface area contributed by atoms with Crippen LogP contribution in [0.1, 0.15) is 188 Å². The SMILES string of the molecule is C=C1C(=O)N(C)[C@@H](CC(C)C)C(=O)N[C@@H](C(C)C)C(=O)N(C)[C@@H](CC(C)C)C(=O)N[C@@H](C)C(=O)N[C@H](C)C(=O)N(C)[C@@H](CC(C)C)C(=O)N(C)[C@@H](CC(C)C)C(=O)N(C)[C@@H](C(C)C)C(=O)N(C)[C@@H]([C@H](O)[C@H](C)CCCCCCC)C(=O)N[C@@H](CC)C(=O)N1C. The highest BCUT2D eigenvalue weighted by molar-refractivity contribution is 6.02. The Morgan fingerprint density at radius 3 is 1.30 bits per heavy atom. The molecule has 1 aliphatic rings. The van der Waals surface area contributed by atoms with Gasteiger partial charge in [-0.15, -0.1) is 0 Å². The molecule has 23 nitrogen and oxygen atoms in total. The Labute approximate surface area is 534 Å². The Bertz CT molecular complexity index is 2410. The second-order valence-electron chi connectivity index (χ2n) is 27.6. The number of carbonyl (C=O) groups is 11. The second-order valence-corrected chi connectivity index (χ2v) is 27.6. The molecule has 12 atom stereocenters. The number of aliphatic hydroxyl groups is 1. The summed E-state index contributed by atoms with van der Waals surface area (Å²) in [7, 11) is 9.85. The first-order valence-corrected chi connectivity index (χ1v) is 32.6. The van der Waals surface area contributed by atoms with Gasteiger partial charge in [-0.1, -0.05) is 143 Å². The van der Waals surface area contributed by atoms with Crippen LogP contribution in [0.4, 0.5) is 0 Å². The predicted molar refractivity (Wildman–Crippen MR) is 347 cm³/mol. The Morgan fingerprint density at radius 1 is 0.427 bits per heavy atom. The molecule has 1 saturated heterocycles. The van der Waals surface area contributed by atoms with Crippen molar-refractivity contribution in [2.24, 2.45) is 41.4 Å². The van der Waals surface area contributed by atoms with Gasteiger partial charge in [0.25, 0.3) is 5.91 Å². The predicted octanol–water partition coefficient (Wildman–Crippen LogP) is 5.18. The molecule has 0 aromatic rings. The zero-order valence-corrected chi connectivity index (χ0v) is 58.9. The first-order valence-electron chi connectivity index (χ1n) is 32.6. The topological polar surface area (TPSA) is 279 Å². The van der Waals surface area contributed by atoms with Crippen LogP contribution in [0.3, 0.4) is 0 Å².